The fraction of sp³-hybridized carbons (Fsp3) is 0.0500. The van der Waals surface area contributed by atoms with E-state index in [1.807, 2.05) is 18.2 Å². The highest BCUT2D eigenvalue weighted by atomic mass is 35.5. The topological polar surface area (TPSA) is 27.0 Å². The van der Waals surface area contributed by atoms with E-state index in [-0.39, 0.29) is 5.56 Å². The van der Waals surface area contributed by atoms with Crippen molar-refractivity contribution in [3.8, 4) is 17.9 Å². The molecule has 0 aliphatic rings. The molecule has 0 saturated carbocycles. The molecule has 2 aromatic rings. The van der Waals surface area contributed by atoms with E-state index in [2.05, 4.69) is 18.4 Å². The quantitative estimate of drug-likeness (QED) is 0.588. The summed E-state index contributed by atoms with van der Waals surface area (Å²) in [6.07, 6.45) is 3.43. The Morgan fingerprint density at radius 1 is 1.25 bits per heavy atom. The summed E-state index contributed by atoms with van der Waals surface area (Å²) in [5, 5.41) is 9.52. The summed E-state index contributed by atoms with van der Waals surface area (Å²) in [5.41, 5.74) is 2.23. The van der Waals surface area contributed by atoms with Crippen LogP contribution in [-0.4, -0.2) is 7.05 Å². The number of rotatable bonds is 3. The number of halogens is 2. The molecule has 0 radical (unpaired) electrons. The number of benzene rings is 2. The van der Waals surface area contributed by atoms with Crippen molar-refractivity contribution in [1.29, 1.82) is 5.26 Å². The number of nitriles is 1. The number of hydrogen-bond acceptors (Lipinski definition) is 2. The molecule has 0 amide bonds. The summed E-state index contributed by atoms with van der Waals surface area (Å²) in [7, 11) is 1.75. The normalized spacial score (nSPS) is 9.92. The maximum Gasteiger partial charge on any atom is 0.126 e. The van der Waals surface area contributed by atoms with E-state index in [0.29, 0.717) is 16.3 Å². The van der Waals surface area contributed by atoms with Crippen molar-refractivity contribution in [2.24, 2.45) is 0 Å². The van der Waals surface area contributed by atoms with Gasteiger partial charge in [0.1, 0.15) is 5.82 Å². The average Bonchev–Trinajstić information content (AvgIpc) is 2.57. The summed E-state index contributed by atoms with van der Waals surface area (Å²) in [5.74, 6) is 5.44. The summed E-state index contributed by atoms with van der Waals surface area (Å²) in [6, 6.07) is 13.3. The van der Waals surface area contributed by atoms with E-state index in [9.17, 15) is 4.39 Å². The summed E-state index contributed by atoms with van der Waals surface area (Å²) in [4.78, 5) is 1.69. The van der Waals surface area contributed by atoms with Gasteiger partial charge < -0.3 is 4.90 Å². The molecule has 0 atom stereocenters. The van der Waals surface area contributed by atoms with Crippen LogP contribution in [0.3, 0.4) is 0 Å². The Labute approximate surface area is 146 Å². The van der Waals surface area contributed by atoms with Gasteiger partial charge in [0.25, 0.3) is 0 Å². The maximum absolute atomic E-state index is 13.5. The van der Waals surface area contributed by atoms with Crippen molar-refractivity contribution in [1.82, 2.24) is 0 Å². The standard InChI is InChI=1S/C20H14ClFN2/c1-15(6-7-16-4-3-5-18(21)10-16)8-9-24(2)20-12-17(14-23)11-19(22)13-20/h3-5,8-13H,1H2,2H3/b9-8-. The number of allylic oxidation sites excluding steroid dienone is 2. The fourth-order valence-electron chi connectivity index (χ4n) is 1.89. The maximum atomic E-state index is 13.5. The smallest absolute Gasteiger partial charge is 0.126 e. The highest BCUT2D eigenvalue weighted by Gasteiger charge is 2.03. The van der Waals surface area contributed by atoms with E-state index in [1.54, 1.807) is 42.4 Å². The van der Waals surface area contributed by atoms with Gasteiger partial charge in [-0.25, -0.2) is 4.39 Å². The second kappa shape index (κ2) is 8.02. The van der Waals surface area contributed by atoms with E-state index in [1.165, 1.54) is 12.1 Å². The lowest BCUT2D eigenvalue weighted by molar-refractivity contribution is 0.627. The Morgan fingerprint density at radius 2 is 2.04 bits per heavy atom. The van der Waals surface area contributed by atoms with Gasteiger partial charge in [-0.3, -0.25) is 0 Å². The first-order valence-electron chi connectivity index (χ1n) is 7.06. The lowest BCUT2D eigenvalue weighted by Crippen LogP contribution is -2.08. The third-order valence-electron chi connectivity index (χ3n) is 3.11. The third-order valence-corrected chi connectivity index (χ3v) is 3.35. The zero-order chi connectivity index (χ0) is 17.5. The number of nitrogens with zero attached hydrogens (tertiary/aromatic N) is 2. The molecule has 0 spiro atoms. The van der Waals surface area contributed by atoms with Crippen LogP contribution < -0.4 is 4.90 Å². The Bertz CT molecular complexity index is 898. The van der Waals surface area contributed by atoms with Gasteiger partial charge in [0, 0.05) is 35.1 Å². The molecule has 0 heterocycles. The van der Waals surface area contributed by atoms with Gasteiger partial charge in [-0.2, -0.15) is 5.26 Å². The summed E-state index contributed by atoms with van der Waals surface area (Å²) in [6.45, 7) is 3.86. The Hall–Kier alpha value is -3.01. The monoisotopic (exact) mass is 336 g/mol. The van der Waals surface area contributed by atoms with Crippen molar-refractivity contribution < 1.29 is 4.39 Å². The van der Waals surface area contributed by atoms with Gasteiger partial charge in [-0.05, 0) is 42.5 Å². The minimum absolute atomic E-state index is 0.268. The van der Waals surface area contributed by atoms with Crippen LogP contribution in [0, 0.1) is 29.0 Å². The zero-order valence-electron chi connectivity index (χ0n) is 13.1. The van der Waals surface area contributed by atoms with Crippen LogP contribution >= 0.6 is 11.6 Å². The largest absolute Gasteiger partial charge is 0.351 e. The second-order valence-electron chi connectivity index (χ2n) is 5.02. The molecule has 118 valence electrons. The van der Waals surface area contributed by atoms with E-state index in [4.69, 9.17) is 16.9 Å². The fourth-order valence-corrected chi connectivity index (χ4v) is 2.08. The molecule has 0 aliphatic carbocycles. The summed E-state index contributed by atoms with van der Waals surface area (Å²) >= 11 is 5.90. The Kier molecular flexibility index (Phi) is 5.79. The Balaban J connectivity index is 2.09. The minimum Gasteiger partial charge on any atom is -0.351 e. The molecule has 0 unspecified atom stereocenters. The first-order chi connectivity index (χ1) is 11.5. The van der Waals surface area contributed by atoms with E-state index >= 15 is 0 Å². The molecule has 0 aromatic heterocycles. The SMILES string of the molecule is C=C(C#Cc1cccc(Cl)c1)/C=C\N(C)c1cc(F)cc(C#N)c1. The van der Waals surface area contributed by atoms with Crippen molar-refractivity contribution >= 4 is 17.3 Å². The molecule has 2 rings (SSSR count). The molecule has 0 N–H and O–H groups in total. The van der Waals surface area contributed by atoms with Crippen LogP contribution in [0.4, 0.5) is 10.1 Å². The molecular weight excluding hydrogens is 323 g/mol. The number of anilines is 1. The van der Waals surface area contributed by atoms with Crippen LogP contribution in [0.25, 0.3) is 0 Å². The van der Waals surface area contributed by atoms with Crippen LogP contribution in [0.1, 0.15) is 11.1 Å². The van der Waals surface area contributed by atoms with Gasteiger partial charge in [-0.15, -0.1) is 0 Å². The van der Waals surface area contributed by atoms with Gasteiger partial charge in [0.15, 0.2) is 0 Å². The van der Waals surface area contributed by atoms with Crippen LogP contribution in [0.5, 0.6) is 0 Å². The molecule has 0 fully saturated rings. The first-order valence-corrected chi connectivity index (χ1v) is 7.44. The lowest BCUT2D eigenvalue weighted by atomic mass is 10.2. The third kappa shape index (κ3) is 5.02. The van der Waals surface area contributed by atoms with Gasteiger partial charge in [0.2, 0.25) is 0 Å². The van der Waals surface area contributed by atoms with Crippen molar-refractivity contribution in [3.05, 3.63) is 88.9 Å². The van der Waals surface area contributed by atoms with Gasteiger partial charge in [0.05, 0.1) is 11.6 Å². The van der Waals surface area contributed by atoms with Gasteiger partial charge in [-0.1, -0.05) is 36.1 Å². The van der Waals surface area contributed by atoms with Crippen molar-refractivity contribution in [2.75, 3.05) is 11.9 Å². The lowest BCUT2D eigenvalue weighted by Gasteiger charge is -2.14. The van der Waals surface area contributed by atoms with E-state index < -0.39 is 5.82 Å². The van der Waals surface area contributed by atoms with Crippen molar-refractivity contribution in [2.45, 2.75) is 0 Å². The highest BCUT2D eigenvalue weighted by Crippen LogP contribution is 2.17. The summed E-state index contributed by atoms with van der Waals surface area (Å²) < 4.78 is 13.5. The molecular formula is C20H14ClFN2. The predicted molar refractivity (Wildman–Crippen MR) is 96.1 cm³/mol. The van der Waals surface area contributed by atoms with Gasteiger partial charge >= 0.3 is 0 Å². The molecule has 0 bridgehead atoms. The molecule has 2 nitrogen and oxygen atoms in total. The number of hydrogen-bond donors (Lipinski definition) is 0. The first kappa shape index (κ1) is 17.3. The van der Waals surface area contributed by atoms with Crippen LogP contribution in [-0.2, 0) is 0 Å². The second-order valence-corrected chi connectivity index (χ2v) is 5.46. The molecule has 2 aromatic carbocycles. The van der Waals surface area contributed by atoms with E-state index in [0.717, 1.165) is 5.56 Å². The van der Waals surface area contributed by atoms with Crippen molar-refractivity contribution in [3.63, 3.8) is 0 Å². The molecule has 24 heavy (non-hydrogen) atoms. The molecule has 0 saturated heterocycles. The Morgan fingerprint density at radius 3 is 2.75 bits per heavy atom. The zero-order valence-corrected chi connectivity index (χ0v) is 13.8. The van der Waals surface area contributed by atoms with Crippen LogP contribution in [0.15, 0.2) is 66.9 Å². The predicted octanol–water partition coefficient (Wildman–Crippen LogP) is 4.91. The average molecular weight is 337 g/mol. The molecule has 0 aliphatic heterocycles. The minimum atomic E-state index is -0.455. The van der Waals surface area contributed by atoms with Crippen LogP contribution in [0.2, 0.25) is 5.02 Å². The molecule has 4 heteroatoms. The highest BCUT2D eigenvalue weighted by molar-refractivity contribution is 6.30.